The van der Waals surface area contributed by atoms with Gasteiger partial charge in [-0.15, -0.1) is 0 Å². The van der Waals surface area contributed by atoms with Crippen molar-refractivity contribution in [3.63, 3.8) is 0 Å². The Bertz CT molecular complexity index is 1480. The molecule has 0 radical (unpaired) electrons. The second-order valence-corrected chi connectivity index (χ2v) is 13.2. The third-order valence-electron chi connectivity index (χ3n) is 6.58. The van der Waals surface area contributed by atoms with Gasteiger partial charge in [-0.1, -0.05) is 91.5 Å². The summed E-state index contributed by atoms with van der Waals surface area (Å²) in [6.45, 7) is 9.65. The smallest absolute Gasteiger partial charge is 0.264 e. The molecule has 0 unspecified atom stereocenters. The first-order valence-electron chi connectivity index (χ1n) is 13.5. The molecule has 0 saturated carbocycles. The van der Waals surface area contributed by atoms with Crippen molar-refractivity contribution >= 4 is 50.7 Å². The van der Waals surface area contributed by atoms with Crippen LogP contribution >= 0.6 is 23.2 Å². The standard InChI is InChI=1S/C31H37Cl2N3O4S/c1-6-29(31(38)34-18-21(2)3)35(19-24-9-7-8-23(5)16-24)30(37)20-36(25-12-15-27(32)28(33)17-25)41(39,40)26-13-10-22(4)11-14-26/h7-17,21,29H,6,18-20H2,1-5H3,(H,34,38)/t29-/m1/s1. The Morgan fingerprint density at radius 3 is 2.17 bits per heavy atom. The van der Waals surface area contributed by atoms with E-state index in [2.05, 4.69) is 5.32 Å². The normalized spacial score (nSPS) is 12.2. The summed E-state index contributed by atoms with van der Waals surface area (Å²) in [6.07, 6.45) is 0.346. The molecular formula is C31H37Cl2N3O4S. The summed E-state index contributed by atoms with van der Waals surface area (Å²) in [5.74, 6) is -0.591. The molecule has 10 heteroatoms. The lowest BCUT2D eigenvalue weighted by Gasteiger charge is -2.33. The number of aryl methyl sites for hydroxylation is 2. The van der Waals surface area contributed by atoms with E-state index in [0.717, 1.165) is 21.0 Å². The van der Waals surface area contributed by atoms with E-state index in [1.165, 1.54) is 35.2 Å². The number of amides is 2. The van der Waals surface area contributed by atoms with Crippen LogP contribution in [0, 0.1) is 19.8 Å². The van der Waals surface area contributed by atoms with Crippen LogP contribution in [0.15, 0.2) is 71.6 Å². The maximum Gasteiger partial charge on any atom is 0.264 e. The molecule has 0 aliphatic heterocycles. The van der Waals surface area contributed by atoms with E-state index in [9.17, 15) is 18.0 Å². The lowest BCUT2D eigenvalue weighted by Crippen LogP contribution is -2.52. The molecule has 2 amide bonds. The average Bonchev–Trinajstić information content (AvgIpc) is 2.92. The van der Waals surface area contributed by atoms with Crippen LogP contribution in [-0.4, -0.2) is 44.3 Å². The highest BCUT2D eigenvalue weighted by Gasteiger charge is 2.34. The monoisotopic (exact) mass is 617 g/mol. The maximum atomic E-state index is 14.1. The SMILES string of the molecule is CC[C@H](C(=O)NCC(C)C)N(Cc1cccc(C)c1)C(=O)CN(c1ccc(Cl)c(Cl)c1)S(=O)(=O)c1ccc(C)cc1. The molecule has 0 aliphatic carbocycles. The predicted molar refractivity (Wildman–Crippen MR) is 166 cm³/mol. The number of benzene rings is 3. The third-order valence-corrected chi connectivity index (χ3v) is 9.11. The van der Waals surface area contributed by atoms with Crippen molar-refractivity contribution < 1.29 is 18.0 Å². The van der Waals surface area contributed by atoms with Crippen LogP contribution in [0.2, 0.25) is 10.0 Å². The van der Waals surface area contributed by atoms with Crippen molar-refractivity contribution in [2.45, 2.75) is 58.5 Å². The quantitative estimate of drug-likeness (QED) is 0.255. The molecule has 7 nitrogen and oxygen atoms in total. The van der Waals surface area contributed by atoms with Crippen molar-refractivity contribution in [3.05, 3.63) is 93.5 Å². The Labute approximate surface area is 253 Å². The van der Waals surface area contributed by atoms with Gasteiger partial charge in [0.05, 0.1) is 20.6 Å². The van der Waals surface area contributed by atoms with E-state index in [-0.39, 0.29) is 39.0 Å². The minimum Gasteiger partial charge on any atom is -0.354 e. The first kappa shape index (κ1) is 32.4. The van der Waals surface area contributed by atoms with E-state index < -0.39 is 28.5 Å². The summed E-state index contributed by atoms with van der Waals surface area (Å²) in [5, 5.41) is 3.33. The molecule has 0 heterocycles. The van der Waals surface area contributed by atoms with Crippen LogP contribution in [0.25, 0.3) is 0 Å². The number of nitrogens with one attached hydrogen (secondary N) is 1. The van der Waals surface area contributed by atoms with Gasteiger partial charge in [0, 0.05) is 13.1 Å². The minimum atomic E-state index is -4.20. The Morgan fingerprint density at radius 1 is 0.902 bits per heavy atom. The number of hydrogen-bond donors (Lipinski definition) is 1. The Balaban J connectivity index is 2.07. The van der Waals surface area contributed by atoms with E-state index in [4.69, 9.17) is 23.2 Å². The fourth-order valence-corrected chi connectivity index (χ4v) is 6.05. The number of rotatable bonds is 12. The zero-order valence-corrected chi connectivity index (χ0v) is 26.4. The second-order valence-electron chi connectivity index (χ2n) is 10.5. The maximum absolute atomic E-state index is 14.1. The lowest BCUT2D eigenvalue weighted by molar-refractivity contribution is -0.140. The molecule has 3 aromatic rings. The Hall–Kier alpha value is -3.07. The molecule has 41 heavy (non-hydrogen) atoms. The van der Waals surface area contributed by atoms with Crippen LogP contribution in [0.4, 0.5) is 5.69 Å². The number of sulfonamides is 1. The van der Waals surface area contributed by atoms with Gasteiger partial charge in [-0.2, -0.15) is 0 Å². The fraction of sp³-hybridized carbons (Fsp3) is 0.355. The molecule has 0 aliphatic rings. The summed E-state index contributed by atoms with van der Waals surface area (Å²) in [4.78, 5) is 28.9. The summed E-state index contributed by atoms with van der Waals surface area (Å²) >= 11 is 12.4. The van der Waals surface area contributed by atoms with Gasteiger partial charge < -0.3 is 10.2 Å². The minimum absolute atomic E-state index is 0.0222. The summed E-state index contributed by atoms with van der Waals surface area (Å²) < 4.78 is 28.9. The van der Waals surface area contributed by atoms with Gasteiger partial charge in [-0.3, -0.25) is 13.9 Å². The fourth-order valence-electron chi connectivity index (χ4n) is 4.36. The lowest BCUT2D eigenvalue weighted by atomic mass is 10.1. The second kappa shape index (κ2) is 14.2. The van der Waals surface area contributed by atoms with Crippen LogP contribution in [-0.2, 0) is 26.2 Å². The van der Waals surface area contributed by atoms with Crippen molar-refractivity contribution in [3.8, 4) is 0 Å². The number of carbonyl (C=O) groups excluding carboxylic acids is 2. The van der Waals surface area contributed by atoms with E-state index in [1.54, 1.807) is 12.1 Å². The highest BCUT2D eigenvalue weighted by molar-refractivity contribution is 7.92. The van der Waals surface area contributed by atoms with Crippen molar-refractivity contribution in [1.29, 1.82) is 0 Å². The molecule has 1 N–H and O–H groups in total. The first-order chi connectivity index (χ1) is 19.3. The number of nitrogens with zero attached hydrogens (tertiary/aromatic N) is 2. The zero-order chi connectivity index (χ0) is 30.3. The molecule has 1 atom stereocenters. The van der Waals surface area contributed by atoms with Crippen molar-refractivity contribution in [2.24, 2.45) is 5.92 Å². The molecule has 0 spiro atoms. The molecular weight excluding hydrogens is 581 g/mol. The average molecular weight is 619 g/mol. The number of halogens is 2. The molecule has 0 saturated heterocycles. The van der Waals surface area contributed by atoms with Gasteiger partial charge >= 0.3 is 0 Å². The Kier molecular flexibility index (Phi) is 11.2. The predicted octanol–water partition coefficient (Wildman–Crippen LogP) is 6.39. The largest absolute Gasteiger partial charge is 0.354 e. The zero-order valence-electron chi connectivity index (χ0n) is 24.0. The highest BCUT2D eigenvalue weighted by Crippen LogP contribution is 2.31. The number of anilines is 1. The van der Waals surface area contributed by atoms with Gasteiger partial charge in [-0.25, -0.2) is 8.42 Å². The van der Waals surface area contributed by atoms with Crippen LogP contribution < -0.4 is 9.62 Å². The van der Waals surface area contributed by atoms with Gasteiger partial charge in [0.15, 0.2) is 0 Å². The molecule has 220 valence electrons. The first-order valence-corrected chi connectivity index (χ1v) is 15.7. The number of hydrogen-bond acceptors (Lipinski definition) is 4. The van der Waals surface area contributed by atoms with Crippen LogP contribution in [0.5, 0.6) is 0 Å². The van der Waals surface area contributed by atoms with Crippen molar-refractivity contribution in [2.75, 3.05) is 17.4 Å². The molecule has 3 rings (SSSR count). The van der Waals surface area contributed by atoms with Gasteiger partial charge in [0.25, 0.3) is 10.0 Å². The van der Waals surface area contributed by atoms with Crippen LogP contribution in [0.1, 0.15) is 43.9 Å². The van der Waals surface area contributed by atoms with Crippen molar-refractivity contribution in [1.82, 2.24) is 10.2 Å². The summed E-state index contributed by atoms with van der Waals surface area (Å²) in [7, 11) is -4.20. The van der Waals surface area contributed by atoms with Gasteiger partial charge in [-0.05, 0) is 62.1 Å². The molecule has 0 fully saturated rings. The van der Waals surface area contributed by atoms with Gasteiger partial charge in [0.2, 0.25) is 11.8 Å². The number of carbonyl (C=O) groups is 2. The van der Waals surface area contributed by atoms with Gasteiger partial charge in [0.1, 0.15) is 12.6 Å². The summed E-state index contributed by atoms with van der Waals surface area (Å²) in [5.41, 5.74) is 2.91. The molecule has 3 aromatic carbocycles. The topological polar surface area (TPSA) is 86.8 Å². The summed E-state index contributed by atoms with van der Waals surface area (Å²) in [6, 6.07) is 17.6. The van der Waals surface area contributed by atoms with E-state index in [1.807, 2.05) is 58.9 Å². The third kappa shape index (κ3) is 8.47. The van der Waals surface area contributed by atoms with Crippen LogP contribution in [0.3, 0.4) is 0 Å². The molecule has 0 aromatic heterocycles. The van der Waals surface area contributed by atoms with E-state index >= 15 is 0 Å². The highest BCUT2D eigenvalue weighted by atomic mass is 35.5. The Morgan fingerprint density at radius 2 is 1.59 bits per heavy atom. The molecule has 0 bridgehead atoms. The van der Waals surface area contributed by atoms with E-state index in [0.29, 0.717) is 13.0 Å².